The maximum Gasteiger partial charge on any atom is 0.234 e. The second-order valence-corrected chi connectivity index (χ2v) is 7.88. The zero-order valence-electron chi connectivity index (χ0n) is 16.6. The molecule has 3 rings (SSSR count). The van der Waals surface area contributed by atoms with E-state index in [9.17, 15) is 4.79 Å². The summed E-state index contributed by atoms with van der Waals surface area (Å²) < 4.78 is 7.84. The van der Waals surface area contributed by atoms with Gasteiger partial charge in [-0.15, -0.1) is 10.2 Å². The molecule has 3 aromatic rings. The fourth-order valence-electron chi connectivity index (χ4n) is 2.73. The van der Waals surface area contributed by atoms with Crippen LogP contribution < -0.4 is 10.1 Å². The third-order valence-electron chi connectivity index (χ3n) is 4.34. The summed E-state index contributed by atoms with van der Waals surface area (Å²) in [5.41, 5.74) is 1.97. The molecule has 0 spiro atoms. The number of nitrogens with one attached hydrogen (secondary N) is 1. The molecule has 152 valence electrons. The number of thioether (sulfide) groups is 1. The quantitative estimate of drug-likeness (QED) is 0.514. The first-order chi connectivity index (χ1) is 14.0. The van der Waals surface area contributed by atoms with E-state index >= 15 is 0 Å². The van der Waals surface area contributed by atoms with Crippen LogP contribution in [-0.2, 0) is 18.3 Å². The average molecular weight is 431 g/mol. The summed E-state index contributed by atoms with van der Waals surface area (Å²) in [5.74, 6) is 1.59. The van der Waals surface area contributed by atoms with Gasteiger partial charge in [0.1, 0.15) is 5.75 Å². The van der Waals surface area contributed by atoms with E-state index < -0.39 is 0 Å². The first kappa shape index (κ1) is 21.2. The smallest absolute Gasteiger partial charge is 0.234 e. The Kier molecular flexibility index (Phi) is 7.17. The lowest BCUT2D eigenvalue weighted by atomic mass is 10.2. The van der Waals surface area contributed by atoms with Crippen molar-refractivity contribution in [3.63, 3.8) is 0 Å². The first-order valence-corrected chi connectivity index (χ1v) is 10.7. The molecule has 0 fully saturated rings. The second kappa shape index (κ2) is 9.80. The van der Waals surface area contributed by atoms with Gasteiger partial charge in [0.25, 0.3) is 0 Å². The highest BCUT2D eigenvalue weighted by molar-refractivity contribution is 7.99. The number of aryl methyl sites for hydroxylation is 1. The molecule has 1 heterocycles. The van der Waals surface area contributed by atoms with Gasteiger partial charge in [-0.25, -0.2) is 0 Å². The van der Waals surface area contributed by atoms with E-state index in [1.807, 2.05) is 30.7 Å². The van der Waals surface area contributed by atoms with Gasteiger partial charge in [0.15, 0.2) is 17.1 Å². The fraction of sp³-hybridized carbons (Fsp3) is 0.286. The van der Waals surface area contributed by atoms with Crippen LogP contribution in [0.15, 0.2) is 53.7 Å². The molecule has 1 unspecified atom stereocenters. The summed E-state index contributed by atoms with van der Waals surface area (Å²) in [6.45, 7) is 4.05. The molecule has 0 saturated carbocycles. The van der Waals surface area contributed by atoms with Crippen LogP contribution in [-0.4, -0.2) is 26.4 Å². The minimum Gasteiger partial charge on any atom is -0.483 e. The fourth-order valence-corrected chi connectivity index (χ4v) is 3.57. The second-order valence-electron chi connectivity index (χ2n) is 6.50. The highest BCUT2D eigenvalue weighted by Gasteiger charge is 2.18. The maximum atomic E-state index is 12.2. The van der Waals surface area contributed by atoms with Crippen molar-refractivity contribution >= 4 is 35.0 Å². The number of benzene rings is 2. The van der Waals surface area contributed by atoms with Crippen molar-refractivity contribution < 1.29 is 9.53 Å². The Hall–Kier alpha value is -2.51. The number of aromatic nitrogens is 3. The van der Waals surface area contributed by atoms with Crippen LogP contribution in [0.4, 0.5) is 5.69 Å². The molecule has 0 aliphatic heterocycles. The van der Waals surface area contributed by atoms with E-state index in [0.717, 1.165) is 12.2 Å². The van der Waals surface area contributed by atoms with Crippen molar-refractivity contribution in [3.05, 3.63) is 64.9 Å². The van der Waals surface area contributed by atoms with Gasteiger partial charge in [-0.05, 0) is 55.3 Å². The topological polar surface area (TPSA) is 69.0 Å². The zero-order valence-corrected chi connectivity index (χ0v) is 18.1. The molecule has 1 amide bonds. The normalized spacial score (nSPS) is 11.9. The number of carbonyl (C=O) groups excluding carboxylic acids is 1. The van der Waals surface area contributed by atoms with E-state index in [4.69, 9.17) is 16.3 Å². The summed E-state index contributed by atoms with van der Waals surface area (Å²) in [6.07, 6.45) is 0.725. The van der Waals surface area contributed by atoms with Crippen LogP contribution >= 0.6 is 23.4 Å². The Morgan fingerprint density at radius 1 is 1.17 bits per heavy atom. The molecule has 6 nitrogen and oxygen atoms in total. The van der Waals surface area contributed by atoms with E-state index in [1.54, 1.807) is 24.3 Å². The maximum absolute atomic E-state index is 12.2. The van der Waals surface area contributed by atoms with Crippen LogP contribution in [0.1, 0.15) is 31.3 Å². The van der Waals surface area contributed by atoms with Crippen molar-refractivity contribution in [1.82, 2.24) is 14.8 Å². The number of amides is 1. The molecule has 0 aliphatic rings. The lowest BCUT2D eigenvalue weighted by Crippen LogP contribution is -2.14. The third-order valence-corrected chi connectivity index (χ3v) is 5.61. The Bertz CT molecular complexity index is 958. The number of anilines is 1. The predicted octanol–water partition coefficient (Wildman–Crippen LogP) is 4.90. The lowest BCUT2D eigenvalue weighted by molar-refractivity contribution is -0.113. The van der Waals surface area contributed by atoms with Gasteiger partial charge in [-0.3, -0.25) is 4.79 Å². The van der Waals surface area contributed by atoms with Crippen LogP contribution in [0.3, 0.4) is 0 Å². The zero-order chi connectivity index (χ0) is 20.8. The summed E-state index contributed by atoms with van der Waals surface area (Å²) in [6, 6.07) is 15.0. The van der Waals surface area contributed by atoms with Gasteiger partial charge >= 0.3 is 0 Å². The van der Waals surface area contributed by atoms with E-state index in [2.05, 4.69) is 34.6 Å². The molecule has 1 N–H and O–H groups in total. The molecule has 0 radical (unpaired) electrons. The number of hydrogen-bond acceptors (Lipinski definition) is 5. The summed E-state index contributed by atoms with van der Waals surface area (Å²) in [4.78, 5) is 12.2. The van der Waals surface area contributed by atoms with Crippen molar-refractivity contribution in [2.24, 2.45) is 7.05 Å². The number of ether oxygens (including phenoxy) is 1. The van der Waals surface area contributed by atoms with Gasteiger partial charge in [0.05, 0.1) is 5.75 Å². The predicted molar refractivity (Wildman–Crippen MR) is 117 cm³/mol. The van der Waals surface area contributed by atoms with Crippen LogP contribution in [0, 0.1) is 0 Å². The molecular weight excluding hydrogens is 408 g/mol. The van der Waals surface area contributed by atoms with Crippen molar-refractivity contribution in [1.29, 1.82) is 0 Å². The summed E-state index contributed by atoms with van der Waals surface area (Å²) >= 11 is 7.18. The van der Waals surface area contributed by atoms with Crippen LogP contribution in [0.5, 0.6) is 5.75 Å². The van der Waals surface area contributed by atoms with Crippen molar-refractivity contribution in [2.45, 2.75) is 31.5 Å². The average Bonchev–Trinajstić information content (AvgIpc) is 3.09. The standard InChI is InChI=1S/C21H23ClN4O2S/c1-4-15-5-11-18(12-6-15)28-14(2)20-24-25-21(26(20)3)29-13-19(27)23-17-9-7-16(22)8-10-17/h5-12,14H,4,13H2,1-3H3,(H,23,27). The molecule has 1 atom stereocenters. The van der Waals surface area contributed by atoms with E-state index in [0.29, 0.717) is 21.7 Å². The molecule has 0 saturated heterocycles. The Balaban J connectivity index is 1.56. The highest BCUT2D eigenvalue weighted by Crippen LogP contribution is 2.24. The Morgan fingerprint density at radius 3 is 2.52 bits per heavy atom. The number of hydrogen-bond donors (Lipinski definition) is 1. The lowest BCUT2D eigenvalue weighted by Gasteiger charge is -2.14. The largest absolute Gasteiger partial charge is 0.483 e. The SMILES string of the molecule is CCc1ccc(OC(C)c2nnc(SCC(=O)Nc3ccc(Cl)cc3)n2C)cc1. The number of nitrogens with zero attached hydrogens (tertiary/aromatic N) is 3. The molecule has 0 bridgehead atoms. The van der Waals surface area contributed by atoms with Gasteiger partial charge in [0.2, 0.25) is 5.91 Å². The third kappa shape index (κ3) is 5.74. The summed E-state index contributed by atoms with van der Waals surface area (Å²) in [5, 5.41) is 12.5. The van der Waals surface area contributed by atoms with Gasteiger partial charge in [-0.2, -0.15) is 0 Å². The van der Waals surface area contributed by atoms with Crippen molar-refractivity contribution in [2.75, 3.05) is 11.1 Å². The first-order valence-electron chi connectivity index (χ1n) is 9.29. The number of carbonyl (C=O) groups is 1. The van der Waals surface area contributed by atoms with E-state index in [-0.39, 0.29) is 17.8 Å². The highest BCUT2D eigenvalue weighted by atomic mass is 35.5. The number of halogens is 1. The molecule has 0 aliphatic carbocycles. The van der Waals surface area contributed by atoms with Crippen molar-refractivity contribution in [3.8, 4) is 5.75 Å². The van der Waals surface area contributed by atoms with Crippen LogP contribution in [0.2, 0.25) is 5.02 Å². The monoisotopic (exact) mass is 430 g/mol. The minimum atomic E-state index is -0.266. The van der Waals surface area contributed by atoms with Crippen LogP contribution in [0.25, 0.3) is 0 Å². The van der Waals surface area contributed by atoms with E-state index in [1.165, 1.54) is 17.3 Å². The summed E-state index contributed by atoms with van der Waals surface area (Å²) in [7, 11) is 1.87. The Labute approximate surface area is 179 Å². The Morgan fingerprint density at radius 2 is 1.86 bits per heavy atom. The van der Waals surface area contributed by atoms with Gasteiger partial charge in [-0.1, -0.05) is 42.4 Å². The molecule has 1 aromatic heterocycles. The molecule has 8 heteroatoms. The van der Waals surface area contributed by atoms with Gasteiger partial charge < -0.3 is 14.6 Å². The molecular formula is C21H23ClN4O2S. The minimum absolute atomic E-state index is 0.123. The molecule has 2 aromatic carbocycles. The number of rotatable bonds is 8. The van der Waals surface area contributed by atoms with Gasteiger partial charge in [0, 0.05) is 17.8 Å². The molecule has 29 heavy (non-hydrogen) atoms.